The number of rotatable bonds is 4. The molecule has 1 aromatic heterocycles. The Labute approximate surface area is 131 Å². The molecule has 0 aliphatic heterocycles. The van der Waals surface area contributed by atoms with Crippen molar-refractivity contribution in [2.24, 2.45) is 0 Å². The lowest BCUT2D eigenvalue weighted by Gasteiger charge is -2.17. The number of para-hydroxylation sites is 1. The number of imidazole rings is 1. The lowest BCUT2D eigenvalue weighted by molar-refractivity contribution is 0.215. The summed E-state index contributed by atoms with van der Waals surface area (Å²) in [6, 6.07) is 14.4. The maximum Gasteiger partial charge on any atom is 0.153 e. The number of aromatic nitrogens is 2. The summed E-state index contributed by atoms with van der Waals surface area (Å²) in [6.07, 6.45) is -0.118. The van der Waals surface area contributed by atoms with Crippen LogP contribution in [-0.4, -0.2) is 9.97 Å². The predicted molar refractivity (Wildman–Crippen MR) is 90.4 cm³/mol. The molecular formula is C19H22N2O. The van der Waals surface area contributed by atoms with Crippen LogP contribution in [0.15, 0.2) is 42.5 Å². The zero-order chi connectivity index (χ0) is 15.7. The minimum absolute atomic E-state index is 0.118. The van der Waals surface area contributed by atoms with Gasteiger partial charge in [0.05, 0.1) is 11.0 Å². The van der Waals surface area contributed by atoms with Gasteiger partial charge < -0.3 is 9.72 Å². The minimum Gasteiger partial charge on any atom is -0.483 e. The lowest BCUT2D eigenvalue weighted by Crippen LogP contribution is -2.07. The van der Waals surface area contributed by atoms with Crippen LogP contribution in [0.4, 0.5) is 0 Å². The van der Waals surface area contributed by atoms with E-state index in [1.165, 1.54) is 11.1 Å². The molecule has 0 saturated carbocycles. The van der Waals surface area contributed by atoms with E-state index in [-0.39, 0.29) is 6.10 Å². The molecule has 0 spiro atoms. The summed E-state index contributed by atoms with van der Waals surface area (Å²) < 4.78 is 6.16. The highest BCUT2D eigenvalue weighted by Crippen LogP contribution is 2.30. The van der Waals surface area contributed by atoms with Gasteiger partial charge in [-0.05, 0) is 49.1 Å². The van der Waals surface area contributed by atoms with E-state index in [1.54, 1.807) is 0 Å². The fourth-order valence-electron chi connectivity index (χ4n) is 2.65. The van der Waals surface area contributed by atoms with Crippen molar-refractivity contribution in [3.8, 4) is 5.75 Å². The molecule has 3 rings (SSSR count). The van der Waals surface area contributed by atoms with Gasteiger partial charge >= 0.3 is 0 Å². The Morgan fingerprint density at radius 1 is 1.05 bits per heavy atom. The van der Waals surface area contributed by atoms with E-state index in [0.717, 1.165) is 22.6 Å². The second-order valence-electron chi connectivity index (χ2n) is 6.10. The Balaban J connectivity index is 1.88. The number of H-pyrrole nitrogens is 1. The number of benzene rings is 2. The molecule has 22 heavy (non-hydrogen) atoms. The molecule has 1 heterocycles. The first-order chi connectivity index (χ1) is 10.5. The second kappa shape index (κ2) is 5.84. The van der Waals surface area contributed by atoms with Crippen molar-refractivity contribution in [1.29, 1.82) is 0 Å². The molecule has 3 aromatic rings. The standard InChI is InChI=1S/C19H22N2O/c1-12(2)15-7-5-6-8-18(15)22-14(4)19-20-16-10-9-13(3)11-17(16)21-19/h5-12,14H,1-4H3,(H,20,21)/t14-/m0/s1. The van der Waals surface area contributed by atoms with E-state index in [1.807, 2.05) is 25.1 Å². The quantitative estimate of drug-likeness (QED) is 0.724. The molecule has 0 radical (unpaired) electrons. The molecular weight excluding hydrogens is 272 g/mol. The van der Waals surface area contributed by atoms with Gasteiger partial charge in [-0.1, -0.05) is 38.1 Å². The van der Waals surface area contributed by atoms with Gasteiger partial charge in [0, 0.05) is 0 Å². The molecule has 3 heteroatoms. The first-order valence-corrected chi connectivity index (χ1v) is 7.76. The van der Waals surface area contributed by atoms with Gasteiger partial charge in [0.1, 0.15) is 11.6 Å². The highest BCUT2D eigenvalue weighted by atomic mass is 16.5. The van der Waals surface area contributed by atoms with Crippen molar-refractivity contribution in [3.63, 3.8) is 0 Å². The zero-order valence-electron chi connectivity index (χ0n) is 13.6. The third-order valence-electron chi connectivity index (χ3n) is 3.89. The van der Waals surface area contributed by atoms with E-state index in [4.69, 9.17) is 4.74 Å². The van der Waals surface area contributed by atoms with Crippen LogP contribution in [0.3, 0.4) is 0 Å². The normalized spacial score (nSPS) is 12.8. The highest BCUT2D eigenvalue weighted by Gasteiger charge is 2.15. The van der Waals surface area contributed by atoms with Crippen LogP contribution in [0.2, 0.25) is 0 Å². The van der Waals surface area contributed by atoms with E-state index in [9.17, 15) is 0 Å². The molecule has 114 valence electrons. The lowest BCUT2D eigenvalue weighted by atomic mass is 10.0. The number of hydrogen-bond donors (Lipinski definition) is 1. The first kappa shape index (κ1) is 14.6. The number of nitrogens with one attached hydrogen (secondary N) is 1. The highest BCUT2D eigenvalue weighted by molar-refractivity contribution is 5.75. The third kappa shape index (κ3) is 2.84. The maximum absolute atomic E-state index is 6.16. The fourth-order valence-corrected chi connectivity index (χ4v) is 2.65. The van der Waals surface area contributed by atoms with Crippen molar-refractivity contribution in [3.05, 3.63) is 59.4 Å². The fraction of sp³-hybridized carbons (Fsp3) is 0.316. The summed E-state index contributed by atoms with van der Waals surface area (Å²) in [5.74, 6) is 2.22. The van der Waals surface area contributed by atoms with Crippen molar-refractivity contribution in [1.82, 2.24) is 9.97 Å². The van der Waals surface area contributed by atoms with Gasteiger partial charge in [-0.25, -0.2) is 4.98 Å². The number of ether oxygens (including phenoxy) is 1. The number of aryl methyl sites for hydroxylation is 1. The van der Waals surface area contributed by atoms with Gasteiger partial charge in [-0.15, -0.1) is 0 Å². The third-order valence-corrected chi connectivity index (χ3v) is 3.89. The molecule has 1 atom stereocenters. The van der Waals surface area contributed by atoms with Crippen molar-refractivity contribution >= 4 is 11.0 Å². The number of aromatic amines is 1. The Morgan fingerprint density at radius 2 is 1.82 bits per heavy atom. The Bertz CT molecular complexity index is 789. The van der Waals surface area contributed by atoms with E-state index in [2.05, 4.69) is 55.0 Å². The number of fused-ring (bicyclic) bond motifs is 1. The maximum atomic E-state index is 6.16. The molecule has 0 fully saturated rings. The van der Waals surface area contributed by atoms with Crippen LogP contribution in [0.25, 0.3) is 11.0 Å². The Morgan fingerprint density at radius 3 is 2.59 bits per heavy atom. The van der Waals surface area contributed by atoms with Crippen molar-refractivity contribution < 1.29 is 4.74 Å². The average Bonchev–Trinajstić information content (AvgIpc) is 2.90. The molecule has 3 nitrogen and oxygen atoms in total. The van der Waals surface area contributed by atoms with Gasteiger partial charge in [-0.3, -0.25) is 0 Å². The topological polar surface area (TPSA) is 37.9 Å². The summed E-state index contributed by atoms with van der Waals surface area (Å²) >= 11 is 0. The van der Waals surface area contributed by atoms with Crippen LogP contribution in [0, 0.1) is 6.92 Å². The number of nitrogens with zero attached hydrogens (tertiary/aromatic N) is 1. The summed E-state index contributed by atoms with van der Waals surface area (Å²) in [7, 11) is 0. The van der Waals surface area contributed by atoms with Gasteiger partial charge in [0.25, 0.3) is 0 Å². The van der Waals surface area contributed by atoms with Crippen LogP contribution >= 0.6 is 0 Å². The predicted octanol–water partition coefficient (Wildman–Crippen LogP) is 5.13. The van der Waals surface area contributed by atoms with Crippen LogP contribution < -0.4 is 4.74 Å². The summed E-state index contributed by atoms with van der Waals surface area (Å²) in [5.41, 5.74) is 4.48. The SMILES string of the molecule is Cc1ccc2nc([C@H](C)Oc3ccccc3C(C)C)[nH]c2c1. The monoisotopic (exact) mass is 294 g/mol. The van der Waals surface area contributed by atoms with E-state index >= 15 is 0 Å². The first-order valence-electron chi connectivity index (χ1n) is 7.76. The molecule has 0 aliphatic carbocycles. The van der Waals surface area contributed by atoms with Crippen LogP contribution in [0.1, 0.15) is 49.7 Å². The van der Waals surface area contributed by atoms with Gasteiger partial charge in [0.2, 0.25) is 0 Å². The van der Waals surface area contributed by atoms with Crippen LogP contribution in [-0.2, 0) is 0 Å². The minimum atomic E-state index is -0.118. The molecule has 0 bridgehead atoms. The second-order valence-corrected chi connectivity index (χ2v) is 6.10. The molecule has 0 saturated heterocycles. The molecule has 0 amide bonds. The van der Waals surface area contributed by atoms with E-state index in [0.29, 0.717) is 5.92 Å². The summed E-state index contributed by atoms with van der Waals surface area (Å²) in [4.78, 5) is 8.01. The molecule has 0 aliphatic rings. The van der Waals surface area contributed by atoms with Gasteiger partial charge in [-0.2, -0.15) is 0 Å². The Hall–Kier alpha value is -2.29. The number of hydrogen-bond acceptors (Lipinski definition) is 2. The van der Waals surface area contributed by atoms with Crippen LogP contribution in [0.5, 0.6) is 5.75 Å². The average molecular weight is 294 g/mol. The summed E-state index contributed by atoms with van der Waals surface area (Å²) in [5, 5.41) is 0. The Kier molecular flexibility index (Phi) is 3.88. The molecule has 1 N–H and O–H groups in total. The summed E-state index contributed by atoms with van der Waals surface area (Å²) in [6.45, 7) is 8.47. The van der Waals surface area contributed by atoms with E-state index < -0.39 is 0 Å². The smallest absolute Gasteiger partial charge is 0.153 e. The van der Waals surface area contributed by atoms with Crippen molar-refractivity contribution in [2.75, 3.05) is 0 Å². The molecule has 0 unspecified atom stereocenters. The largest absolute Gasteiger partial charge is 0.483 e. The van der Waals surface area contributed by atoms with Crippen molar-refractivity contribution in [2.45, 2.75) is 39.7 Å². The molecule has 2 aromatic carbocycles. The van der Waals surface area contributed by atoms with Gasteiger partial charge in [0.15, 0.2) is 6.10 Å². The zero-order valence-corrected chi connectivity index (χ0v) is 13.6.